The van der Waals surface area contributed by atoms with Crippen molar-refractivity contribution in [3.63, 3.8) is 0 Å². The van der Waals surface area contributed by atoms with Gasteiger partial charge in [0.05, 0.1) is 0 Å². The highest BCUT2D eigenvalue weighted by molar-refractivity contribution is 4.87. The highest BCUT2D eigenvalue weighted by atomic mass is 15.3. The van der Waals surface area contributed by atoms with Crippen LogP contribution in [0.4, 0.5) is 0 Å². The number of rotatable bonds is 9. The summed E-state index contributed by atoms with van der Waals surface area (Å²) < 4.78 is 2.02. The van der Waals surface area contributed by atoms with Crippen LogP contribution in [-0.2, 0) is 6.54 Å². The molecule has 18 heavy (non-hydrogen) atoms. The van der Waals surface area contributed by atoms with E-state index in [2.05, 4.69) is 29.2 Å². The van der Waals surface area contributed by atoms with E-state index in [0.29, 0.717) is 0 Å². The molecule has 0 amide bonds. The van der Waals surface area contributed by atoms with Crippen LogP contribution in [0.2, 0.25) is 0 Å². The molecule has 0 aliphatic carbocycles. The lowest BCUT2D eigenvalue weighted by molar-refractivity contribution is 0.500. The van der Waals surface area contributed by atoms with E-state index >= 15 is 0 Å². The third-order valence-corrected chi connectivity index (χ3v) is 2.99. The van der Waals surface area contributed by atoms with Crippen LogP contribution in [0.5, 0.6) is 0 Å². The summed E-state index contributed by atoms with van der Waals surface area (Å²) in [4.78, 5) is 4.31. The van der Waals surface area contributed by atoms with E-state index in [9.17, 15) is 0 Å². The van der Waals surface area contributed by atoms with Crippen molar-refractivity contribution in [3.8, 4) is 0 Å². The van der Waals surface area contributed by atoms with E-state index in [-0.39, 0.29) is 0 Å². The fraction of sp³-hybridized carbons (Fsp3) is 0.857. The predicted octanol–water partition coefficient (Wildman–Crippen LogP) is 2.70. The maximum absolute atomic E-state index is 4.37. The first-order valence-electron chi connectivity index (χ1n) is 7.18. The summed E-state index contributed by atoms with van der Waals surface area (Å²) in [6, 6.07) is 0. The van der Waals surface area contributed by atoms with Gasteiger partial charge in [-0.2, -0.15) is 5.10 Å². The van der Waals surface area contributed by atoms with Gasteiger partial charge in [0.2, 0.25) is 0 Å². The number of nitrogens with one attached hydrogen (secondary N) is 1. The molecule has 0 saturated heterocycles. The highest BCUT2D eigenvalue weighted by Crippen LogP contribution is 2.03. The monoisotopic (exact) mass is 252 g/mol. The van der Waals surface area contributed by atoms with Gasteiger partial charge in [0.1, 0.15) is 11.6 Å². The molecule has 0 aliphatic heterocycles. The second-order valence-electron chi connectivity index (χ2n) is 5.44. The smallest absolute Gasteiger partial charge is 0.147 e. The molecule has 1 heterocycles. The average molecular weight is 252 g/mol. The topological polar surface area (TPSA) is 42.7 Å². The van der Waals surface area contributed by atoms with Gasteiger partial charge >= 0.3 is 0 Å². The van der Waals surface area contributed by atoms with Crippen LogP contribution < -0.4 is 5.32 Å². The molecule has 104 valence electrons. The molecule has 1 aromatic heterocycles. The number of hydrogen-bond acceptors (Lipinski definition) is 3. The van der Waals surface area contributed by atoms with E-state index in [1.807, 2.05) is 18.5 Å². The fourth-order valence-electron chi connectivity index (χ4n) is 2.03. The largest absolute Gasteiger partial charge is 0.316 e. The Hall–Kier alpha value is -0.900. The van der Waals surface area contributed by atoms with Crippen molar-refractivity contribution < 1.29 is 0 Å². The molecule has 4 heteroatoms. The van der Waals surface area contributed by atoms with Crippen molar-refractivity contribution in [2.75, 3.05) is 13.1 Å². The van der Waals surface area contributed by atoms with Gasteiger partial charge in [-0.3, -0.25) is 4.68 Å². The predicted molar refractivity (Wildman–Crippen MR) is 75.7 cm³/mol. The van der Waals surface area contributed by atoms with E-state index < -0.39 is 0 Å². The Labute approximate surface area is 111 Å². The minimum atomic E-state index is 0.753. The summed E-state index contributed by atoms with van der Waals surface area (Å²) >= 11 is 0. The Bertz CT molecular complexity index is 331. The zero-order valence-electron chi connectivity index (χ0n) is 12.4. The first-order valence-corrected chi connectivity index (χ1v) is 7.18. The lowest BCUT2D eigenvalue weighted by atomic mass is 10.2. The van der Waals surface area contributed by atoms with Crippen molar-refractivity contribution in [2.24, 2.45) is 5.92 Å². The van der Waals surface area contributed by atoms with Crippen LogP contribution in [0.15, 0.2) is 0 Å². The summed E-state index contributed by atoms with van der Waals surface area (Å²) in [6.45, 7) is 11.8. The van der Waals surface area contributed by atoms with Gasteiger partial charge in [-0.25, -0.2) is 4.98 Å². The molecule has 0 saturated carbocycles. The van der Waals surface area contributed by atoms with Crippen LogP contribution in [0, 0.1) is 19.8 Å². The number of nitrogens with zero attached hydrogens (tertiary/aromatic N) is 3. The van der Waals surface area contributed by atoms with Gasteiger partial charge in [0, 0.05) is 6.54 Å². The van der Waals surface area contributed by atoms with Gasteiger partial charge in [0.15, 0.2) is 0 Å². The van der Waals surface area contributed by atoms with Crippen LogP contribution in [-0.4, -0.2) is 27.9 Å². The van der Waals surface area contributed by atoms with Gasteiger partial charge in [-0.15, -0.1) is 0 Å². The molecule has 0 spiro atoms. The fourth-order valence-corrected chi connectivity index (χ4v) is 2.03. The SMILES string of the molecule is Cc1nc(C)n(CCCCCCNCC(C)C)n1. The molecule has 0 aliphatic rings. The Balaban J connectivity index is 1.97. The second kappa shape index (κ2) is 8.25. The Kier molecular flexibility index (Phi) is 6.94. The molecule has 0 fully saturated rings. The summed E-state index contributed by atoms with van der Waals surface area (Å²) in [5.41, 5.74) is 0. The summed E-state index contributed by atoms with van der Waals surface area (Å²) in [6.07, 6.45) is 5.06. The quantitative estimate of drug-likeness (QED) is 0.687. The van der Waals surface area contributed by atoms with Crippen molar-refractivity contribution >= 4 is 0 Å². The zero-order valence-corrected chi connectivity index (χ0v) is 12.4. The standard InChI is InChI=1S/C14H28N4/c1-12(2)11-15-9-7-5-6-8-10-18-14(4)16-13(3)17-18/h12,15H,5-11H2,1-4H3. The van der Waals surface area contributed by atoms with Gasteiger partial charge in [-0.05, 0) is 45.7 Å². The van der Waals surface area contributed by atoms with Crippen LogP contribution in [0.1, 0.15) is 51.2 Å². The number of unbranched alkanes of at least 4 members (excludes halogenated alkanes) is 3. The third-order valence-electron chi connectivity index (χ3n) is 2.99. The van der Waals surface area contributed by atoms with Gasteiger partial charge in [0.25, 0.3) is 0 Å². The average Bonchev–Trinajstić information content (AvgIpc) is 2.61. The van der Waals surface area contributed by atoms with Crippen LogP contribution in [0.3, 0.4) is 0 Å². The molecule has 0 unspecified atom stereocenters. The lowest BCUT2D eigenvalue weighted by Crippen LogP contribution is -2.20. The molecule has 0 radical (unpaired) electrons. The lowest BCUT2D eigenvalue weighted by Gasteiger charge is -2.07. The van der Waals surface area contributed by atoms with Crippen molar-refractivity contribution in [2.45, 2.75) is 59.9 Å². The second-order valence-corrected chi connectivity index (χ2v) is 5.44. The van der Waals surface area contributed by atoms with Crippen LogP contribution >= 0.6 is 0 Å². The molecule has 0 bridgehead atoms. The molecule has 1 aromatic rings. The van der Waals surface area contributed by atoms with Crippen molar-refractivity contribution in [1.82, 2.24) is 20.1 Å². The minimum absolute atomic E-state index is 0.753. The first-order chi connectivity index (χ1) is 8.59. The first kappa shape index (κ1) is 15.2. The minimum Gasteiger partial charge on any atom is -0.316 e. The molecule has 1 N–H and O–H groups in total. The number of aryl methyl sites for hydroxylation is 3. The molecular weight excluding hydrogens is 224 g/mol. The summed E-state index contributed by atoms with van der Waals surface area (Å²) in [5, 5.41) is 7.85. The molecule has 0 aromatic carbocycles. The van der Waals surface area contributed by atoms with Crippen LogP contribution in [0.25, 0.3) is 0 Å². The van der Waals surface area contributed by atoms with E-state index in [4.69, 9.17) is 0 Å². The number of aromatic nitrogens is 3. The highest BCUT2D eigenvalue weighted by Gasteiger charge is 2.01. The van der Waals surface area contributed by atoms with Crippen molar-refractivity contribution in [1.29, 1.82) is 0 Å². The molecule has 0 atom stereocenters. The number of hydrogen-bond donors (Lipinski definition) is 1. The van der Waals surface area contributed by atoms with Gasteiger partial charge in [-0.1, -0.05) is 26.7 Å². The Morgan fingerprint density at radius 2 is 1.83 bits per heavy atom. The third kappa shape index (κ3) is 6.15. The Morgan fingerprint density at radius 3 is 2.44 bits per heavy atom. The Morgan fingerprint density at radius 1 is 1.11 bits per heavy atom. The van der Waals surface area contributed by atoms with Gasteiger partial charge < -0.3 is 5.32 Å². The normalized spacial score (nSPS) is 11.4. The van der Waals surface area contributed by atoms with Crippen molar-refractivity contribution in [3.05, 3.63) is 11.6 Å². The molecule has 1 rings (SSSR count). The van der Waals surface area contributed by atoms with E-state index in [1.165, 1.54) is 25.7 Å². The van der Waals surface area contributed by atoms with E-state index in [0.717, 1.165) is 37.2 Å². The maximum Gasteiger partial charge on any atom is 0.147 e. The van der Waals surface area contributed by atoms with E-state index in [1.54, 1.807) is 0 Å². The molecular formula is C14H28N4. The maximum atomic E-state index is 4.37. The summed E-state index contributed by atoms with van der Waals surface area (Å²) in [5.74, 6) is 2.67. The molecule has 4 nitrogen and oxygen atoms in total. The summed E-state index contributed by atoms with van der Waals surface area (Å²) in [7, 11) is 0. The zero-order chi connectivity index (χ0) is 13.4.